The molecule has 2 aliphatic heterocycles. The molecule has 0 amide bonds. The van der Waals surface area contributed by atoms with E-state index in [1.807, 2.05) is 134 Å². The molecule has 0 unspecified atom stereocenters. The van der Waals surface area contributed by atoms with E-state index in [0.717, 1.165) is 27.8 Å². The molecule has 5 aromatic carbocycles. The first-order valence-corrected chi connectivity index (χ1v) is 20.3. The second kappa shape index (κ2) is 21.7. The second-order valence-corrected chi connectivity index (χ2v) is 15.0. The lowest BCUT2D eigenvalue weighted by molar-refractivity contribution is -0.338. The Bertz CT molecular complexity index is 1870. The molecule has 7 rings (SSSR count). The van der Waals surface area contributed by atoms with Crippen LogP contribution < -0.4 is 0 Å². The Morgan fingerprint density at radius 1 is 0.379 bits per heavy atom. The van der Waals surface area contributed by atoms with Crippen molar-refractivity contribution in [3.05, 3.63) is 179 Å². The summed E-state index contributed by atoms with van der Waals surface area (Å²) in [4.78, 5) is 0. The highest BCUT2D eigenvalue weighted by Gasteiger charge is 2.50. The standard InChI is InChI=1S/C49H56O9/c1-35-43(51-29-37-19-9-4-10-20-37)44(52-30-38-21-11-5-12-22-38)36(2)57-48(35)56-34-42-45(53-31-39-23-13-6-14-24-39)46(54-32-40-25-15-7-16-26-40)47(49(50-3)58-42)55-33-41-27-17-8-18-28-41/h4-28,35-36,42-49H,29-34H2,1-3H3/t35-,36+,42-,43+,44+,45-,46+,47-,48-,49+/m1/s1. The predicted octanol–water partition coefficient (Wildman–Crippen LogP) is 8.68. The minimum atomic E-state index is -0.768. The van der Waals surface area contributed by atoms with Crippen molar-refractivity contribution in [3.63, 3.8) is 0 Å². The van der Waals surface area contributed by atoms with Gasteiger partial charge in [0.2, 0.25) is 0 Å². The number of benzene rings is 5. The third kappa shape index (κ3) is 11.5. The summed E-state index contributed by atoms with van der Waals surface area (Å²) in [6.07, 6.45) is -4.77. The molecular formula is C49H56O9. The number of ether oxygens (including phenoxy) is 9. The van der Waals surface area contributed by atoms with Crippen molar-refractivity contribution < 1.29 is 42.6 Å². The molecule has 2 fully saturated rings. The number of rotatable bonds is 19. The Hall–Kier alpha value is -4.26. The molecule has 0 N–H and O–H groups in total. The first kappa shape index (κ1) is 41.9. The summed E-state index contributed by atoms with van der Waals surface area (Å²) < 4.78 is 59.6. The molecule has 0 aliphatic carbocycles. The first-order chi connectivity index (χ1) is 28.6. The van der Waals surface area contributed by atoms with Gasteiger partial charge in [-0.2, -0.15) is 0 Å². The van der Waals surface area contributed by atoms with E-state index < -0.39 is 37.0 Å². The van der Waals surface area contributed by atoms with Crippen LogP contribution in [0, 0.1) is 5.92 Å². The molecule has 306 valence electrons. The van der Waals surface area contributed by atoms with Crippen molar-refractivity contribution in [3.8, 4) is 0 Å². The Morgan fingerprint density at radius 3 is 1.16 bits per heavy atom. The van der Waals surface area contributed by atoms with Crippen molar-refractivity contribution in [1.82, 2.24) is 0 Å². The van der Waals surface area contributed by atoms with Gasteiger partial charge in [0.15, 0.2) is 12.6 Å². The third-order valence-electron chi connectivity index (χ3n) is 10.8. The van der Waals surface area contributed by atoms with Crippen LogP contribution in [0.25, 0.3) is 0 Å². The van der Waals surface area contributed by atoms with E-state index in [-0.39, 0.29) is 30.8 Å². The van der Waals surface area contributed by atoms with E-state index in [4.69, 9.17) is 42.6 Å². The third-order valence-corrected chi connectivity index (χ3v) is 10.8. The summed E-state index contributed by atoms with van der Waals surface area (Å²) in [5.74, 6) is -0.196. The van der Waals surface area contributed by atoms with E-state index in [9.17, 15) is 0 Å². The van der Waals surface area contributed by atoms with Crippen LogP contribution in [-0.4, -0.2) is 69.0 Å². The first-order valence-electron chi connectivity index (χ1n) is 20.3. The fourth-order valence-corrected chi connectivity index (χ4v) is 7.59. The quantitative estimate of drug-likeness (QED) is 0.0817. The van der Waals surface area contributed by atoms with Gasteiger partial charge in [-0.3, -0.25) is 0 Å². The molecule has 9 nitrogen and oxygen atoms in total. The maximum Gasteiger partial charge on any atom is 0.186 e. The van der Waals surface area contributed by atoms with Gasteiger partial charge in [0.1, 0.15) is 30.5 Å². The molecule has 9 heteroatoms. The molecule has 5 aromatic rings. The van der Waals surface area contributed by atoms with Crippen LogP contribution in [0.3, 0.4) is 0 Å². The van der Waals surface area contributed by atoms with Crippen molar-refractivity contribution in [1.29, 1.82) is 0 Å². The summed E-state index contributed by atoms with van der Waals surface area (Å²) in [7, 11) is 1.62. The van der Waals surface area contributed by atoms with Gasteiger partial charge < -0.3 is 42.6 Å². The van der Waals surface area contributed by atoms with Gasteiger partial charge in [0, 0.05) is 13.0 Å². The lowest BCUT2D eigenvalue weighted by atomic mass is 9.92. The molecule has 0 bridgehead atoms. The molecule has 2 saturated heterocycles. The number of hydrogen-bond donors (Lipinski definition) is 0. The van der Waals surface area contributed by atoms with Crippen molar-refractivity contribution in [2.45, 2.75) is 102 Å². The Morgan fingerprint density at radius 2 is 0.741 bits per heavy atom. The summed E-state index contributed by atoms with van der Waals surface area (Å²) in [6.45, 7) is 6.14. The average molecular weight is 789 g/mol. The summed E-state index contributed by atoms with van der Waals surface area (Å²) in [6, 6.07) is 50.6. The Balaban J connectivity index is 1.12. The molecular weight excluding hydrogens is 733 g/mol. The smallest absolute Gasteiger partial charge is 0.186 e. The molecule has 58 heavy (non-hydrogen) atoms. The molecule has 0 radical (unpaired) electrons. The SMILES string of the molecule is CO[C@H]1O[C@H](CO[C@@H]2O[C@@H](C)[C@H](OCc3ccccc3)[C@@H](OCc3ccccc3)[C@H]2C)[C@@H](OCc2ccccc2)[C@H](OCc2ccccc2)[C@H]1OCc1ccccc1. The van der Waals surface area contributed by atoms with Crippen LogP contribution in [0.2, 0.25) is 0 Å². The second-order valence-electron chi connectivity index (χ2n) is 15.0. The van der Waals surface area contributed by atoms with E-state index >= 15 is 0 Å². The Kier molecular flexibility index (Phi) is 15.6. The Labute approximate surface area is 343 Å². The van der Waals surface area contributed by atoms with E-state index in [1.165, 1.54) is 0 Å². The van der Waals surface area contributed by atoms with Crippen LogP contribution in [-0.2, 0) is 75.7 Å². The van der Waals surface area contributed by atoms with Crippen LogP contribution in [0.1, 0.15) is 41.7 Å². The van der Waals surface area contributed by atoms with Gasteiger partial charge in [-0.25, -0.2) is 0 Å². The predicted molar refractivity (Wildman–Crippen MR) is 220 cm³/mol. The summed E-state index contributed by atoms with van der Waals surface area (Å²) in [5, 5.41) is 0. The van der Waals surface area contributed by atoms with Gasteiger partial charge >= 0.3 is 0 Å². The van der Waals surface area contributed by atoms with Crippen LogP contribution in [0.5, 0.6) is 0 Å². The van der Waals surface area contributed by atoms with Crippen molar-refractivity contribution in [2.75, 3.05) is 13.7 Å². The minimum absolute atomic E-state index is 0.137. The highest BCUT2D eigenvalue weighted by atomic mass is 16.7. The topological polar surface area (TPSA) is 83.1 Å². The molecule has 0 saturated carbocycles. The number of methoxy groups -OCH3 is 1. The summed E-state index contributed by atoms with van der Waals surface area (Å²) >= 11 is 0. The zero-order valence-corrected chi connectivity index (χ0v) is 33.6. The van der Waals surface area contributed by atoms with Gasteiger partial charge in [-0.05, 0) is 34.7 Å². The van der Waals surface area contributed by atoms with Crippen LogP contribution in [0.4, 0.5) is 0 Å². The van der Waals surface area contributed by atoms with Gasteiger partial charge in [0.25, 0.3) is 0 Å². The van der Waals surface area contributed by atoms with Gasteiger partial charge in [0.05, 0.1) is 51.8 Å². The molecule has 10 atom stereocenters. The molecule has 2 aliphatic rings. The summed E-state index contributed by atoms with van der Waals surface area (Å²) in [5.41, 5.74) is 5.25. The van der Waals surface area contributed by atoms with Crippen LogP contribution >= 0.6 is 0 Å². The largest absolute Gasteiger partial charge is 0.370 e. The number of hydrogen-bond acceptors (Lipinski definition) is 9. The van der Waals surface area contributed by atoms with Crippen LogP contribution in [0.15, 0.2) is 152 Å². The monoisotopic (exact) mass is 788 g/mol. The highest BCUT2D eigenvalue weighted by molar-refractivity contribution is 5.17. The zero-order chi connectivity index (χ0) is 39.9. The average Bonchev–Trinajstić information content (AvgIpc) is 3.28. The van der Waals surface area contributed by atoms with Gasteiger partial charge in [-0.15, -0.1) is 0 Å². The minimum Gasteiger partial charge on any atom is -0.370 e. The normalized spacial score (nSPS) is 27.3. The lowest BCUT2D eigenvalue weighted by Gasteiger charge is -2.47. The maximum absolute atomic E-state index is 6.80. The van der Waals surface area contributed by atoms with E-state index in [1.54, 1.807) is 7.11 Å². The molecule has 0 spiro atoms. The van der Waals surface area contributed by atoms with Crippen molar-refractivity contribution in [2.24, 2.45) is 5.92 Å². The van der Waals surface area contributed by atoms with Crippen molar-refractivity contribution >= 4 is 0 Å². The van der Waals surface area contributed by atoms with E-state index in [0.29, 0.717) is 33.0 Å². The molecule has 0 aromatic heterocycles. The van der Waals surface area contributed by atoms with E-state index in [2.05, 4.69) is 31.2 Å². The van der Waals surface area contributed by atoms with Gasteiger partial charge in [-0.1, -0.05) is 159 Å². The maximum atomic E-state index is 6.80. The lowest BCUT2D eigenvalue weighted by Crippen LogP contribution is -2.62. The molecule has 2 heterocycles. The fourth-order valence-electron chi connectivity index (χ4n) is 7.59. The fraction of sp³-hybridized carbons (Fsp3) is 0.388. The highest BCUT2D eigenvalue weighted by Crippen LogP contribution is 2.35. The zero-order valence-electron chi connectivity index (χ0n) is 33.6.